The number of rotatable bonds is 6. The van der Waals surface area contributed by atoms with Gasteiger partial charge in [-0.1, -0.05) is 0 Å². The van der Waals surface area contributed by atoms with Gasteiger partial charge in [0.05, 0.1) is 18.2 Å². The maximum Gasteiger partial charge on any atom is 0.222 e. The highest BCUT2D eigenvalue weighted by atomic mass is 16.5. The number of amides is 1. The van der Waals surface area contributed by atoms with E-state index in [4.69, 9.17) is 10.5 Å². The SMILES string of the molecule is CC(C)OCC1(NC(=O)CC2(N)CCC2)CCC1. The minimum atomic E-state index is -0.228. The van der Waals surface area contributed by atoms with Crippen LogP contribution in [0.5, 0.6) is 0 Å². The second-order valence-electron chi connectivity index (χ2n) is 6.43. The highest BCUT2D eigenvalue weighted by Gasteiger charge is 2.41. The van der Waals surface area contributed by atoms with E-state index in [-0.39, 0.29) is 23.1 Å². The maximum absolute atomic E-state index is 12.1. The van der Waals surface area contributed by atoms with E-state index in [9.17, 15) is 4.79 Å². The lowest BCUT2D eigenvalue weighted by Gasteiger charge is -2.44. The average molecular weight is 254 g/mol. The van der Waals surface area contributed by atoms with Gasteiger partial charge in [-0.3, -0.25) is 4.79 Å². The zero-order valence-electron chi connectivity index (χ0n) is 11.6. The van der Waals surface area contributed by atoms with Gasteiger partial charge < -0.3 is 15.8 Å². The summed E-state index contributed by atoms with van der Waals surface area (Å²) in [6, 6.07) is 0. The Kier molecular flexibility index (Phi) is 3.97. The molecule has 0 radical (unpaired) electrons. The summed E-state index contributed by atoms with van der Waals surface area (Å²) >= 11 is 0. The second kappa shape index (κ2) is 5.17. The van der Waals surface area contributed by atoms with Gasteiger partial charge in [0.25, 0.3) is 0 Å². The molecule has 0 aromatic heterocycles. The van der Waals surface area contributed by atoms with Crippen LogP contribution in [-0.4, -0.2) is 29.7 Å². The third-order valence-electron chi connectivity index (χ3n) is 4.27. The van der Waals surface area contributed by atoms with E-state index in [1.54, 1.807) is 0 Å². The first-order valence-corrected chi connectivity index (χ1v) is 7.15. The molecule has 0 saturated heterocycles. The number of nitrogens with one attached hydrogen (secondary N) is 1. The molecule has 0 aromatic carbocycles. The number of carbonyl (C=O) groups excluding carboxylic acids is 1. The van der Waals surface area contributed by atoms with Gasteiger partial charge in [0, 0.05) is 12.0 Å². The molecule has 0 heterocycles. The number of hydrogen-bond donors (Lipinski definition) is 2. The summed E-state index contributed by atoms with van der Waals surface area (Å²) in [5.74, 6) is 0.101. The van der Waals surface area contributed by atoms with E-state index in [0.717, 1.165) is 32.1 Å². The molecule has 2 aliphatic carbocycles. The molecule has 2 fully saturated rings. The summed E-state index contributed by atoms with van der Waals surface area (Å²) in [5.41, 5.74) is 5.77. The van der Waals surface area contributed by atoms with E-state index in [1.165, 1.54) is 6.42 Å². The Bertz CT molecular complexity index is 307. The highest BCUT2D eigenvalue weighted by Crippen LogP contribution is 2.35. The standard InChI is InChI=1S/C14H26N2O2/c1-11(2)18-10-14(7-4-8-14)16-12(17)9-13(15)5-3-6-13/h11H,3-10,15H2,1-2H3,(H,16,17). The molecule has 18 heavy (non-hydrogen) atoms. The van der Waals surface area contributed by atoms with Crippen LogP contribution < -0.4 is 11.1 Å². The quantitative estimate of drug-likeness (QED) is 0.758. The van der Waals surface area contributed by atoms with Crippen molar-refractivity contribution in [1.82, 2.24) is 5.32 Å². The van der Waals surface area contributed by atoms with Crippen LogP contribution in [0.25, 0.3) is 0 Å². The van der Waals surface area contributed by atoms with Crippen LogP contribution in [0.15, 0.2) is 0 Å². The molecule has 0 spiro atoms. The van der Waals surface area contributed by atoms with Crippen molar-refractivity contribution in [3.8, 4) is 0 Å². The number of nitrogens with two attached hydrogens (primary N) is 1. The molecule has 4 heteroatoms. The molecular weight excluding hydrogens is 228 g/mol. The van der Waals surface area contributed by atoms with Crippen LogP contribution in [0.2, 0.25) is 0 Å². The predicted molar refractivity (Wildman–Crippen MR) is 71.2 cm³/mol. The predicted octanol–water partition coefficient (Wildman–Crippen LogP) is 1.72. The summed E-state index contributed by atoms with van der Waals surface area (Å²) in [5, 5.41) is 3.17. The highest BCUT2D eigenvalue weighted by molar-refractivity contribution is 5.78. The Balaban J connectivity index is 1.80. The van der Waals surface area contributed by atoms with Crippen LogP contribution in [0.4, 0.5) is 0 Å². The average Bonchev–Trinajstić information content (AvgIpc) is 2.19. The van der Waals surface area contributed by atoms with E-state index in [2.05, 4.69) is 5.32 Å². The fourth-order valence-electron chi connectivity index (χ4n) is 2.70. The monoisotopic (exact) mass is 254 g/mol. The molecule has 0 aromatic rings. The fourth-order valence-corrected chi connectivity index (χ4v) is 2.70. The van der Waals surface area contributed by atoms with Crippen molar-refractivity contribution >= 4 is 5.91 Å². The van der Waals surface area contributed by atoms with Gasteiger partial charge >= 0.3 is 0 Å². The minimum absolute atomic E-state index is 0.101. The van der Waals surface area contributed by atoms with Crippen LogP contribution in [0.3, 0.4) is 0 Å². The second-order valence-corrected chi connectivity index (χ2v) is 6.43. The van der Waals surface area contributed by atoms with Gasteiger partial charge in [-0.15, -0.1) is 0 Å². The maximum atomic E-state index is 12.1. The molecule has 2 saturated carbocycles. The van der Waals surface area contributed by atoms with Gasteiger partial charge in [-0.2, -0.15) is 0 Å². The Labute approximate surface area is 110 Å². The van der Waals surface area contributed by atoms with Crippen LogP contribution in [-0.2, 0) is 9.53 Å². The molecule has 1 amide bonds. The molecule has 0 unspecified atom stereocenters. The number of ether oxygens (including phenoxy) is 1. The summed E-state index contributed by atoms with van der Waals surface area (Å²) in [4.78, 5) is 12.1. The van der Waals surface area contributed by atoms with Gasteiger partial charge in [0.2, 0.25) is 5.91 Å². The van der Waals surface area contributed by atoms with E-state index >= 15 is 0 Å². The van der Waals surface area contributed by atoms with Crippen molar-refractivity contribution in [2.45, 2.75) is 76.0 Å². The summed E-state index contributed by atoms with van der Waals surface area (Å²) in [7, 11) is 0. The smallest absolute Gasteiger partial charge is 0.222 e. The summed E-state index contributed by atoms with van der Waals surface area (Å²) in [6.45, 7) is 4.68. The van der Waals surface area contributed by atoms with Gasteiger partial charge in [-0.05, 0) is 52.4 Å². The Morgan fingerprint density at radius 1 is 1.28 bits per heavy atom. The molecule has 0 bridgehead atoms. The number of carbonyl (C=O) groups is 1. The van der Waals surface area contributed by atoms with Crippen molar-refractivity contribution in [3.63, 3.8) is 0 Å². The first-order valence-electron chi connectivity index (χ1n) is 7.15. The van der Waals surface area contributed by atoms with Crippen LogP contribution >= 0.6 is 0 Å². The third kappa shape index (κ3) is 3.23. The van der Waals surface area contributed by atoms with Gasteiger partial charge in [-0.25, -0.2) is 0 Å². The summed E-state index contributed by atoms with van der Waals surface area (Å²) < 4.78 is 5.67. The molecule has 4 nitrogen and oxygen atoms in total. The zero-order valence-corrected chi connectivity index (χ0v) is 11.6. The topological polar surface area (TPSA) is 64.3 Å². The van der Waals surface area contributed by atoms with Gasteiger partial charge in [0.15, 0.2) is 0 Å². The fraction of sp³-hybridized carbons (Fsp3) is 0.929. The van der Waals surface area contributed by atoms with Gasteiger partial charge in [0.1, 0.15) is 0 Å². The Morgan fingerprint density at radius 2 is 1.89 bits per heavy atom. The molecule has 2 aliphatic rings. The first kappa shape index (κ1) is 13.8. The molecule has 3 N–H and O–H groups in total. The number of hydrogen-bond acceptors (Lipinski definition) is 3. The largest absolute Gasteiger partial charge is 0.376 e. The summed E-state index contributed by atoms with van der Waals surface area (Å²) in [6.07, 6.45) is 7.04. The van der Waals surface area contributed by atoms with Crippen molar-refractivity contribution < 1.29 is 9.53 Å². The normalized spacial score (nSPS) is 24.2. The lowest BCUT2D eigenvalue weighted by atomic mass is 9.74. The van der Waals surface area contributed by atoms with Crippen LogP contribution in [0, 0.1) is 0 Å². The lowest BCUT2D eigenvalue weighted by molar-refractivity contribution is -0.128. The minimum Gasteiger partial charge on any atom is -0.376 e. The molecule has 2 rings (SSSR count). The van der Waals surface area contributed by atoms with Crippen molar-refractivity contribution in [1.29, 1.82) is 0 Å². The van der Waals surface area contributed by atoms with Crippen LogP contribution in [0.1, 0.15) is 58.8 Å². The Morgan fingerprint density at radius 3 is 2.28 bits per heavy atom. The van der Waals surface area contributed by atoms with Crippen molar-refractivity contribution in [2.24, 2.45) is 5.73 Å². The molecular formula is C14H26N2O2. The van der Waals surface area contributed by atoms with E-state index in [0.29, 0.717) is 13.0 Å². The lowest BCUT2D eigenvalue weighted by Crippen LogP contribution is -2.59. The Hall–Kier alpha value is -0.610. The molecule has 0 aliphatic heterocycles. The van der Waals surface area contributed by atoms with E-state index in [1.807, 2.05) is 13.8 Å². The van der Waals surface area contributed by atoms with Crippen molar-refractivity contribution in [2.75, 3.05) is 6.61 Å². The zero-order chi connectivity index (χ0) is 13.2. The molecule has 0 atom stereocenters. The first-order chi connectivity index (χ1) is 8.43. The van der Waals surface area contributed by atoms with Crippen molar-refractivity contribution in [3.05, 3.63) is 0 Å². The molecule has 104 valence electrons. The third-order valence-corrected chi connectivity index (χ3v) is 4.27. The van der Waals surface area contributed by atoms with E-state index < -0.39 is 0 Å².